The normalized spacial score (nSPS) is 11.1. The fourth-order valence-corrected chi connectivity index (χ4v) is 3.47. The monoisotopic (exact) mass is 340 g/mol. The Morgan fingerprint density at radius 2 is 1.90 bits per heavy atom. The van der Waals surface area contributed by atoms with Gasteiger partial charge >= 0.3 is 0 Å². The van der Waals surface area contributed by atoms with Gasteiger partial charge in [-0.05, 0) is 23.8 Å². The SMILES string of the molecule is NC(=S)c1ccccc1CS(=O)(=O)Nc1cccc(Cl)c1. The minimum atomic E-state index is -3.58. The zero-order valence-corrected chi connectivity index (χ0v) is 13.3. The fourth-order valence-electron chi connectivity index (χ4n) is 1.86. The van der Waals surface area contributed by atoms with E-state index in [0.29, 0.717) is 21.8 Å². The first-order chi connectivity index (χ1) is 9.87. The highest BCUT2D eigenvalue weighted by Gasteiger charge is 2.15. The predicted octanol–water partition coefficient (Wildman–Crippen LogP) is 2.92. The van der Waals surface area contributed by atoms with Crippen molar-refractivity contribution in [1.29, 1.82) is 0 Å². The van der Waals surface area contributed by atoms with Crippen molar-refractivity contribution in [2.75, 3.05) is 4.72 Å². The topological polar surface area (TPSA) is 72.2 Å². The van der Waals surface area contributed by atoms with E-state index in [9.17, 15) is 8.42 Å². The van der Waals surface area contributed by atoms with E-state index in [0.717, 1.165) is 0 Å². The molecule has 0 spiro atoms. The Morgan fingerprint density at radius 1 is 1.19 bits per heavy atom. The van der Waals surface area contributed by atoms with Crippen molar-refractivity contribution < 1.29 is 8.42 Å². The molecule has 0 heterocycles. The second-order valence-electron chi connectivity index (χ2n) is 4.39. The zero-order valence-electron chi connectivity index (χ0n) is 10.9. The van der Waals surface area contributed by atoms with Crippen LogP contribution >= 0.6 is 23.8 Å². The lowest BCUT2D eigenvalue weighted by Gasteiger charge is -2.11. The average molecular weight is 341 g/mol. The molecular weight excluding hydrogens is 328 g/mol. The van der Waals surface area contributed by atoms with E-state index in [2.05, 4.69) is 4.72 Å². The summed E-state index contributed by atoms with van der Waals surface area (Å²) in [5.74, 6) is -0.215. The number of rotatable bonds is 5. The minimum Gasteiger partial charge on any atom is -0.389 e. The maximum Gasteiger partial charge on any atom is 0.236 e. The molecule has 0 aliphatic rings. The lowest BCUT2D eigenvalue weighted by atomic mass is 10.1. The fraction of sp³-hybridized carbons (Fsp3) is 0.0714. The molecule has 2 rings (SSSR count). The maximum absolute atomic E-state index is 12.2. The number of anilines is 1. The van der Waals surface area contributed by atoms with Gasteiger partial charge in [0.2, 0.25) is 10.0 Å². The van der Waals surface area contributed by atoms with Crippen molar-refractivity contribution in [3.8, 4) is 0 Å². The summed E-state index contributed by atoms with van der Waals surface area (Å²) in [5.41, 5.74) is 7.13. The van der Waals surface area contributed by atoms with Gasteiger partial charge < -0.3 is 5.73 Å². The molecule has 2 aromatic carbocycles. The first kappa shape index (κ1) is 15.8. The Bertz CT molecular complexity index is 776. The molecule has 0 aliphatic heterocycles. The summed E-state index contributed by atoms with van der Waals surface area (Å²) in [7, 11) is -3.58. The van der Waals surface area contributed by atoms with E-state index >= 15 is 0 Å². The van der Waals surface area contributed by atoms with Crippen LogP contribution in [0.1, 0.15) is 11.1 Å². The lowest BCUT2D eigenvalue weighted by Crippen LogP contribution is -2.19. The summed E-state index contributed by atoms with van der Waals surface area (Å²) in [6, 6.07) is 13.4. The number of nitrogens with two attached hydrogens (primary N) is 1. The van der Waals surface area contributed by atoms with Crippen LogP contribution in [0, 0.1) is 0 Å². The summed E-state index contributed by atoms with van der Waals surface area (Å²) in [6.07, 6.45) is 0. The van der Waals surface area contributed by atoms with Crippen LogP contribution in [-0.4, -0.2) is 13.4 Å². The first-order valence-corrected chi connectivity index (χ1v) is 8.45. The van der Waals surface area contributed by atoms with E-state index in [4.69, 9.17) is 29.6 Å². The third kappa shape index (κ3) is 4.42. The molecule has 0 saturated carbocycles. The molecule has 0 unspecified atom stereocenters. The number of thiocarbonyl (C=S) groups is 1. The van der Waals surface area contributed by atoms with Crippen LogP contribution in [0.2, 0.25) is 5.02 Å². The van der Waals surface area contributed by atoms with E-state index in [1.165, 1.54) is 0 Å². The Kier molecular flexibility index (Phi) is 4.82. The molecule has 3 N–H and O–H groups in total. The van der Waals surface area contributed by atoms with Gasteiger partial charge in [-0.3, -0.25) is 4.72 Å². The van der Waals surface area contributed by atoms with Gasteiger partial charge in [0.05, 0.1) is 5.75 Å². The number of halogens is 1. The summed E-state index contributed by atoms with van der Waals surface area (Å²) in [4.78, 5) is 0.170. The van der Waals surface area contributed by atoms with E-state index in [1.54, 1.807) is 48.5 Å². The van der Waals surface area contributed by atoms with Gasteiger partial charge in [-0.1, -0.05) is 54.2 Å². The summed E-state index contributed by atoms with van der Waals surface area (Å²) >= 11 is 10.8. The van der Waals surface area contributed by atoms with Crippen LogP contribution in [0.4, 0.5) is 5.69 Å². The third-order valence-corrected chi connectivity index (χ3v) is 4.42. The Hall–Kier alpha value is -1.63. The van der Waals surface area contributed by atoms with Crippen LogP contribution in [0.25, 0.3) is 0 Å². The lowest BCUT2D eigenvalue weighted by molar-refractivity contribution is 0.600. The molecule has 0 aliphatic carbocycles. The van der Waals surface area contributed by atoms with E-state index in [-0.39, 0.29) is 10.7 Å². The number of sulfonamides is 1. The Balaban J connectivity index is 2.24. The molecular formula is C14H13ClN2O2S2. The van der Waals surface area contributed by atoms with Gasteiger partial charge in [0.1, 0.15) is 4.99 Å². The molecule has 110 valence electrons. The molecule has 0 bridgehead atoms. The van der Waals surface area contributed by atoms with E-state index < -0.39 is 10.0 Å². The highest BCUT2D eigenvalue weighted by atomic mass is 35.5. The Morgan fingerprint density at radius 3 is 2.57 bits per heavy atom. The van der Waals surface area contributed by atoms with Gasteiger partial charge in [0.25, 0.3) is 0 Å². The molecule has 2 aromatic rings. The first-order valence-electron chi connectivity index (χ1n) is 6.01. The second kappa shape index (κ2) is 6.43. The molecule has 0 saturated heterocycles. The van der Waals surface area contributed by atoms with Crippen LogP contribution < -0.4 is 10.5 Å². The number of nitrogens with one attached hydrogen (secondary N) is 1. The predicted molar refractivity (Wildman–Crippen MR) is 90.0 cm³/mol. The molecule has 0 aromatic heterocycles. The number of hydrogen-bond donors (Lipinski definition) is 2. The molecule has 0 radical (unpaired) electrons. The zero-order chi connectivity index (χ0) is 15.5. The highest BCUT2D eigenvalue weighted by molar-refractivity contribution is 7.91. The van der Waals surface area contributed by atoms with Crippen LogP contribution in [0.5, 0.6) is 0 Å². The molecule has 7 heteroatoms. The van der Waals surface area contributed by atoms with Crippen molar-refractivity contribution in [3.05, 3.63) is 64.7 Å². The van der Waals surface area contributed by atoms with Crippen molar-refractivity contribution in [2.45, 2.75) is 5.75 Å². The molecule has 0 amide bonds. The smallest absolute Gasteiger partial charge is 0.236 e. The quantitative estimate of drug-likeness (QED) is 0.821. The van der Waals surface area contributed by atoms with Crippen molar-refractivity contribution in [3.63, 3.8) is 0 Å². The number of hydrogen-bond acceptors (Lipinski definition) is 3. The second-order valence-corrected chi connectivity index (χ2v) is 6.99. The molecule has 0 atom stereocenters. The summed E-state index contributed by atoms with van der Waals surface area (Å²) in [5, 5.41) is 0.457. The Labute approximate surface area is 134 Å². The number of benzene rings is 2. The van der Waals surface area contributed by atoms with Gasteiger partial charge in [0.15, 0.2) is 0 Å². The van der Waals surface area contributed by atoms with Crippen LogP contribution in [-0.2, 0) is 15.8 Å². The summed E-state index contributed by atoms with van der Waals surface area (Å²) in [6.45, 7) is 0. The highest BCUT2D eigenvalue weighted by Crippen LogP contribution is 2.18. The molecule has 21 heavy (non-hydrogen) atoms. The van der Waals surface area contributed by atoms with Gasteiger partial charge in [-0.25, -0.2) is 8.42 Å². The van der Waals surface area contributed by atoms with Gasteiger partial charge in [-0.15, -0.1) is 0 Å². The molecule has 0 fully saturated rings. The largest absolute Gasteiger partial charge is 0.389 e. The molecule has 4 nitrogen and oxygen atoms in total. The van der Waals surface area contributed by atoms with E-state index in [1.807, 2.05) is 0 Å². The van der Waals surface area contributed by atoms with Crippen molar-refractivity contribution >= 4 is 44.5 Å². The third-order valence-electron chi connectivity index (χ3n) is 2.73. The van der Waals surface area contributed by atoms with Crippen LogP contribution in [0.15, 0.2) is 48.5 Å². The minimum absolute atomic E-state index is 0.170. The summed E-state index contributed by atoms with van der Waals surface area (Å²) < 4.78 is 26.9. The van der Waals surface area contributed by atoms with Gasteiger partial charge in [0, 0.05) is 16.3 Å². The van der Waals surface area contributed by atoms with Crippen molar-refractivity contribution in [2.24, 2.45) is 5.73 Å². The standard InChI is InChI=1S/C14H13ClN2O2S2/c15-11-5-3-6-12(8-11)17-21(18,19)9-10-4-1-2-7-13(10)14(16)20/h1-8,17H,9H2,(H2,16,20). The van der Waals surface area contributed by atoms with Crippen molar-refractivity contribution in [1.82, 2.24) is 0 Å². The van der Waals surface area contributed by atoms with Gasteiger partial charge in [-0.2, -0.15) is 0 Å². The maximum atomic E-state index is 12.2. The average Bonchev–Trinajstić information content (AvgIpc) is 2.37. The van der Waals surface area contributed by atoms with Crippen LogP contribution in [0.3, 0.4) is 0 Å².